The van der Waals surface area contributed by atoms with E-state index in [9.17, 15) is 40.7 Å². The number of benzene rings is 4. The van der Waals surface area contributed by atoms with E-state index in [1.165, 1.54) is 12.1 Å². The van der Waals surface area contributed by atoms with Gasteiger partial charge in [-0.25, -0.2) is 0 Å². The van der Waals surface area contributed by atoms with Crippen LogP contribution in [0.1, 0.15) is 85.1 Å². The number of aliphatic carboxylic acids is 2. The molecule has 0 saturated heterocycles. The lowest BCUT2D eigenvalue weighted by atomic mass is 10.1. The second kappa shape index (κ2) is 23.6. The molecule has 0 aliphatic carbocycles. The number of hydrogen-bond acceptors (Lipinski definition) is 7. The summed E-state index contributed by atoms with van der Waals surface area (Å²) >= 11 is 13.3. The topological polar surface area (TPSA) is 146 Å². The van der Waals surface area contributed by atoms with Gasteiger partial charge in [0.1, 0.15) is 31.3 Å². The molecule has 0 aliphatic heterocycles. The Hall–Kier alpha value is -4.01. The predicted molar refractivity (Wildman–Crippen MR) is 238 cm³/mol. The molecular formula is C42H43Br4F6N3O7. The average molecular weight is 1140 g/mol. The maximum Gasteiger partial charge on any atom is 0.416 e. The largest absolute Gasteiger partial charge is 0.487 e. The number of hydrogen-bond donors (Lipinski definition) is 5. The van der Waals surface area contributed by atoms with E-state index >= 15 is 0 Å². The van der Waals surface area contributed by atoms with Gasteiger partial charge in [-0.05, 0) is 174 Å². The maximum absolute atomic E-state index is 13.3. The number of halogens is 10. The molecule has 0 radical (unpaired) electrons. The second-order valence-electron chi connectivity index (χ2n) is 13.9. The van der Waals surface area contributed by atoms with Gasteiger partial charge in [0.05, 0.1) is 29.0 Å². The standard InChI is InChI=1S/C21H21Br2F3N2O4.C21H22Br2F3NO3/c1-3-11(2)28-15-5-12(4-14(8-15)21(24,25)26)10-32-19-16(22)6-13(7-17(19)23)20(31)27-9-18(29)30;1-3-12(2)27-16-7-14(6-15(10-16)21(24,25)26)11-30-20-17(22)8-13(9-18(20)23)4-5-19(28)29/h4-8,11,28H,3,9-10H2,1-2H3,(H,27,31)(H,29,30);6-10,12,27H,3-5,11H2,1-2H3,(H,28,29). The number of carboxylic acid groups (broad SMARTS) is 2. The van der Waals surface area contributed by atoms with E-state index in [0.29, 0.717) is 52.6 Å². The summed E-state index contributed by atoms with van der Waals surface area (Å²) in [6.07, 6.45) is -7.10. The molecule has 0 aromatic heterocycles. The lowest BCUT2D eigenvalue weighted by molar-refractivity contribution is -0.138. The van der Waals surface area contributed by atoms with Gasteiger partial charge < -0.3 is 35.6 Å². The van der Waals surface area contributed by atoms with E-state index in [0.717, 1.165) is 42.7 Å². The van der Waals surface area contributed by atoms with Crippen LogP contribution in [-0.4, -0.2) is 46.7 Å². The molecule has 0 saturated carbocycles. The zero-order valence-electron chi connectivity index (χ0n) is 33.6. The molecule has 4 rings (SSSR count). The Kier molecular flexibility index (Phi) is 19.9. The second-order valence-corrected chi connectivity index (χ2v) is 17.4. The highest BCUT2D eigenvalue weighted by molar-refractivity contribution is 9.11. The van der Waals surface area contributed by atoms with Crippen molar-refractivity contribution in [2.24, 2.45) is 0 Å². The molecule has 2 unspecified atom stereocenters. The summed E-state index contributed by atoms with van der Waals surface area (Å²) in [7, 11) is 0. The van der Waals surface area contributed by atoms with Crippen LogP contribution in [0.25, 0.3) is 0 Å². The quantitative estimate of drug-likeness (QED) is 0.0615. The number of anilines is 2. The fourth-order valence-electron chi connectivity index (χ4n) is 5.36. The molecule has 62 heavy (non-hydrogen) atoms. The highest BCUT2D eigenvalue weighted by atomic mass is 79.9. The number of nitrogens with one attached hydrogen (secondary N) is 3. The summed E-state index contributed by atoms with van der Waals surface area (Å²) in [6.45, 7) is 6.90. The van der Waals surface area contributed by atoms with Crippen LogP contribution in [0.3, 0.4) is 0 Å². The third-order valence-corrected chi connectivity index (χ3v) is 11.2. The number of ether oxygens (including phenoxy) is 2. The summed E-state index contributed by atoms with van der Waals surface area (Å²) in [4.78, 5) is 33.4. The van der Waals surface area contributed by atoms with Gasteiger partial charge in [-0.1, -0.05) is 13.8 Å². The predicted octanol–water partition coefficient (Wildman–Crippen LogP) is 12.9. The van der Waals surface area contributed by atoms with Gasteiger partial charge in [0.2, 0.25) is 0 Å². The Labute approximate surface area is 388 Å². The van der Waals surface area contributed by atoms with Gasteiger partial charge in [-0.3, -0.25) is 14.4 Å². The lowest BCUT2D eigenvalue weighted by Gasteiger charge is -2.18. The Balaban J connectivity index is 0.000000331. The molecule has 0 spiro atoms. The van der Waals surface area contributed by atoms with Crippen molar-refractivity contribution in [3.8, 4) is 11.5 Å². The first-order chi connectivity index (χ1) is 28.9. The van der Waals surface area contributed by atoms with Gasteiger partial charge >= 0.3 is 24.3 Å². The van der Waals surface area contributed by atoms with Crippen LogP contribution in [-0.2, 0) is 41.6 Å². The molecule has 10 nitrogen and oxygen atoms in total. The third-order valence-electron chi connectivity index (χ3n) is 8.80. The highest BCUT2D eigenvalue weighted by Gasteiger charge is 2.32. The van der Waals surface area contributed by atoms with Crippen LogP contribution >= 0.6 is 63.7 Å². The molecule has 0 heterocycles. The molecule has 20 heteroatoms. The zero-order chi connectivity index (χ0) is 46.5. The van der Waals surface area contributed by atoms with E-state index in [1.54, 1.807) is 24.3 Å². The fraction of sp³-hybridized carbons (Fsp3) is 0.357. The minimum absolute atomic E-state index is 0.00430. The van der Waals surface area contributed by atoms with Crippen LogP contribution in [0, 0.1) is 0 Å². The number of alkyl halides is 6. The van der Waals surface area contributed by atoms with Gasteiger partial charge in [0.25, 0.3) is 5.91 Å². The monoisotopic (exact) mass is 1130 g/mol. The van der Waals surface area contributed by atoms with Crippen molar-refractivity contribution >= 4 is 92.9 Å². The van der Waals surface area contributed by atoms with E-state index in [2.05, 4.69) is 79.7 Å². The first kappa shape index (κ1) is 52.3. The van der Waals surface area contributed by atoms with Gasteiger partial charge in [-0.15, -0.1) is 0 Å². The van der Waals surface area contributed by atoms with Crippen molar-refractivity contribution in [2.45, 2.75) is 91.0 Å². The van der Waals surface area contributed by atoms with Crippen LogP contribution < -0.4 is 25.4 Å². The van der Waals surface area contributed by atoms with Crippen molar-refractivity contribution in [2.75, 3.05) is 17.2 Å². The number of carbonyl (C=O) groups is 3. The van der Waals surface area contributed by atoms with Crippen molar-refractivity contribution in [3.05, 3.63) is 112 Å². The fourth-order valence-corrected chi connectivity index (χ4v) is 8.29. The third kappa shape index (κ3) is 16.9. The number of rotatable bonds is 18. The minimum atomic E-state index is -4.51. The molecule has 4 aromatic rings. The molecule has 0 fully saturated rings. The molecule has 1 amide bonds. The number of amides is 1. The summed E-state index contributed by atoms with van der Waals surface area (Å²) in [6, 6.07) is 13.9. The van der Waals surface area contributed by atoms with Crippen molar-refractivity contribution in [1.82, 2.24) is 5.32 Å². The summed E-state index contributed by atoms with van der Waals surface area (Å²) < 4.78 is 93.3. The Bertz CT molecular complexity index is 2160. The number of carbonyl (C=O) groups excluding carboxylic acids is 1. The first-order valence-electron chi connectivity index (χ1n) is 18.8. The van der Waals surface area contributed by atoms with Crippen LogP contribution in [0.15, 0.2) is 78.6 Å². The van der Waals surface area contributed by atoms with E-state index in [-0.39, 0.29) is 43.0 Å². The Morgan fingerprint density at radius 3 is 1.37 bits per heavy atom. The lowest BCUT2D eigenvalue weighted by Crippen LogP contribution is -2.29. The van der Waals surface area contributed by atoms with Crippen LogP contribution in [0.5, 0.6) is 11.5 Å². The smallest absolute Gasteiger partial charge is 0.416 e. The minimum Gasteiger partial charge on any atom is -0.487 e. The molecular weight excluding hydrogens is 1090 g/mol. The van der Waals surface area contributed by atoms with E-state index in [1.807, 2.05) is 27.7 Å². The molecule has 338 valence electrons. The van der Waals surface area contributed by atoms with Gasteiger partial charge in [0.15, 0.2) is 0 Å². The van der Waals surface area contributed by atoms with E-state index < -0.39 is 47.9 Å². The number of carboxylic acids is 2. The van der Waals surface area contributed by atoms with Crippen molar-refractivity contribution in [3.63, 3.8) is 0 Å². The molecule has 0 bridgehead atoms. The van der Waals surface area contributed by atoms with Crippen molar-refractivity contribution in [1.29, 1.82) is 0 Å². The van der Waals surface area contributed by atoms with Gasteiger partial charge in [-0.2, -0.15) is 26.3 Å². The SMILES string of the molecule is CCC(C)Nc1cc(COc2c(Br)cc(C(=O)NCC(=O)O)cc2Br)cc(C(F)(F)F)c1.CCC(C)Nc1cc(COc2c(Br)cc(CCC(=O)O)cc2Br)cc(C(F)(F)F)c1. The number of aryl methyl sites for hydroxylation is 1. The van der Waals surface area contributed by atoms with Crippen LogP contribution in [0.2, 0.25) is 0 Å². The van der Waals surface area contributed by atoms with Crippen molar-refractivity contribution < 1.29 is 60.4 Å². The summed E-state index contributed by atoms with van der Waals surface area (Å²) in [5.74, 6) is -1.95. The maximum atomic E-state index is 13.3. The molecule has 4 aromatic carbocycles. The summed E-state index contributed by atoms with van der Waals surface area (Å²) in [5.41, 5.74) is 0.872. The van der Waals surface area contributed by atoms with E-state index in [4.69, 9.17) is 19.7 Å². The molecule has 2 atom stereocenters. The zero-order valence-corrected chi connectivity index (χ0v) is 39.9. The Morgan fingerprint density at radius 2 is 1.02 bits per heavy atom. The normalized spacial score (nSPS) is 12.4. The Morgan fingerprint density at radius 1 is 0.613 bits per heavy atom. The first-order valence-corrected chi connectivity index (χ1v) is 22.0. The summed E-state index contributed by atoms with van der Waals surface area (Å²) in [5, 5.41) is 25.8. The van der Waals surface area contributed by atoms with Gasteiger partial charge in [0, 0.05) is 35.4 Å². The van der Waals surface area contributed by atoms with Crippen LogP contribution in [0.4, 0.5) is 37.7 Å². The molecule has 0 aliphatic rings. The highest BCUT2D eigenvalue weighted by Crippen LogP contribution is 2.39. The average Bonchev–Trinajstić information content (AvgIpc) is 3.17. The molecule has 5 N–H and O–H groups in total.